The van der Waals surface area contributed by atoms with Gasteiger partial charge >= 0.3 is 5.97 Å². The molecular weight excluding hydrogens is 298 g/mol. The molecule has 21 heavy (non-hydrogen) atoms. The van der Waals surface area contributed by atoms with Gasteiger partial charge in [0, 0.05) is 19.8 Å². The Morgan fingerprint density at radius 2 is 2.10 bits per heavy atom. The number of nitrogens with one attached hydrogen (secondary N) is 3. The third-order valence-corrected chi connectivity index (χ3v) is 2.58. The molecule has 112 valence electrons. The molecule has 0 radical (unpaired) electrons. The molecule has 0 fully saturated rings. The van der Waals surface area contributed by atoms with E-state index >= 15 is 0 Å². The van der Waals surface area contributed by atoms with Crippen LogP contribution in [0.4, 0.5) is 5.69 Å². The average molecular weight is 312 g/mol. The molecule has 1 amide bonds. The SMILES string of the molecule is CN=C(N=CNNC)C(=O)Nc1ccc(C(=O)O)c(Cl)c1. The fourth-order valence-corrected chi connectivity index (χ4v) is 1.59. The fraction of sp³-hybridized carbons (Fsp3) is 0.167. The van der Waals surface area contributed by atoms with Crippen LogP contribution >= 0.6 is 11.6 Å². The highest BCUT2D eigenvalue weighted by atomic mass is 35.5. The van der Waals surface area contributed by atoms with Crippen LogP contribution in [0.15, 0.2) is 28.2 Å². The highest BCUT2D eigenvalue weighted by molar-refractivity contribution is 6.43. The van der Waals surface area contributed by atoms with Crippen LogP contribution in [0.5, 0.6) is 0 Å². The lowest BCUT2D eigenvalue weighted by molar-refractivity contribution is -0.110. The van der Waals surface area contributed by atoms with E-state index in [0.29, 0.717) is 5.69 Å². The fourth-order valence-electron chi connectivity index (χ4n) is 1.33. The standard InChI is InChI=1S/C12H14ClN5O3/c1-14-10(16-6-17-15-2)11(19)18-7-3-4-8(12(20)21)9(13)5-7/h3-6,15H,1-2H3,(H,18,19)(H,20,21)(H,14,16,17). The van der Waals surface area contributed by atoms with Crippen molar-refractivity contribution in [3.63, 3.8) is 0 Å². The minimum Gasteiger partial charge on any atom is -0.478 e. The summed E-state index contributed by atoms with van der Waals surface area (Å²) in [6.07, 6.45) is 1.27. The predicted molar refractivity (Wildman–Crippen MR) is 81.1 cm³/mol. The monoisotopic (exact) mass is 311 g/mol. The zero-order valence-corrected chi connectivity index (χ0v) is 12.1. The van der Waals surface area contributed by atoms with Crippen LogP contribution in [-0.4, -0.2) is 43.3 Å². The molecule has 1 aromatic carbocycles. The van der Waals surface area contributed by atoms with Gasteiger partial charge in [0.15, 0.2) is 0 Å². The van der Waals surface area contributed by atoms with E-state index in [1.807, 2.05) is 0 Å². The number of amides is 1. The second-order valence-electron chi connectivity index (χ2n) is 3.65. The maximum atomic E-state index is 11.9. The van der Waals surface area contributed by atoms with Gasteiger partial charge in [0.1, 0.15) is 6.34 Å². The summed E-state index contributed by atoms with van der Waals surface area (Å²) < 4.78 is 0. The Morgan fingerprint density at radius 3 is 2.62 bits per heavy atom. The number of carbonyl (C=O) groups excluding carboxylic acids is 1. The topological polar surface area (TPSA) is 115 Å². The number of nitrogens with zero attached hydrogens (tertiary/aromatic N) is 2. The second-order valence-corrected chi connectivity index (χ2v) is 4.06. The summed E-state index contributed by atoms with van der Waals surface area (Å²) >= 11 is 5.81. The van der Waals surface area contributed by atoms with E-state index < -0.39 is 11.9 Å². The molecule has 0 atom stereocenters. The van der Waals surface area contributed by atoms with Crippen molar-refractivity contribution in [1.82, 2.24) is 10.9 Å². The molecule has 0 saturated carbocycles. The first-order chi connectivity index (χ1) is 9.99. The number of carboxylic acids is 1. The van der Waals surface area contributed by atoms with Gasteiger partial charge in [0.05, 0.1) is 10.6 Å². The molecule has 8 nitrogen and oxygen atoms in total. The predicted octanol–water partition coefficient (Wildman–Crippen LogP) is 0.757. The molecule has 0 saturated heterocycles. The van der Waals surface area contributed by atoms with Gasteiger partial charge in [-0.05, 0) is 18.2 Å². The van der Waals surface area contributed by atoms with E-state index in [9.17, 15) is 9.59 Å². The van der Waals surface area contributed by atoms with Crippen molar-refractivity contribution in [2.24, 2.45) is 9.98 Å². The molecule has 1 rings (SSSR count). The van der Waals surface area contributed by atoms with Crippen molar-refractivity contribution < 1.29 is 14.7 Å². The second kappa shape index (κ2) is 7.98. The van der Waals surface area contributed by atoms with Crippen LogP contribution in [-0.2, 0) is 4.79 Å². The van der Waals surface area contributed by atoms with Gasteiger partial charge in [0.2, 0.25) is 5.84 Å². The maximum absolute atomic E-state index is 11.9. The van der Waals surface area contributed by atoms with Crippen molar-refractivity contribution >= 4 is 41.3 Å². The molecule has 0 bridgehead atoms. The summed E-state index contributed by atoms with van der Waals surface area (Å²) in [6.45, 7) is 0. The van der Waals surface area contributed by atoms with Gasteiger partial charge in [-0.2, -0.15) is 0 Å². The number of aromatic carboxylic acids is 1. The maximum Gasteiger partial charge on any atom is 0.337 e. The number of aliphatic imine (C=N–C) groups is 2. The number of hydrogen-bond donors (Lipinski definition) is 4. The summed E-state index contributed by atoms with van der Waals surface area (Å²) in [5.41, 5.74) is 5.47. The summed E-state index contributed by atoms with van der Waals surface area (Å²) in [5.74, 6) is -1.75. The van der Waals surface area contributed by atoms with Gasteiger partial charge in [-0.15, -0.1) is 0 Å². The Morgan fingerprint density at radius 1 is 1.38 bits per heavy atom. The number of anilines is 1. The Hall–Kier alpha value is -2.45. The van der Waals surface area contributed by atoms with Crippen LogP contribution < -0.4 is 16.2 Å². The van der Waals surface area contributed by atoms with Gasteiger partial charge in [-0.25, -0.2) is 15.2 Å². The van der Waals surface area contributed by atoms with Crippen LogP contribution in [0, 0.1) is 0 Å². The molecular formula is C12H14ClN5O3. The van der Waals surface area contributed by atoms with E-state index in [4.69, 9.17) is 16.7 Å². The van der Waals surface area contributed by atoms with Crippen molar-refractivity contribution in [3.05, 3.63) is 28.8 Å². The Kier molecular flexibility index (Phi) is 6.31. The highest BCUT2D eigenvalue weighted by Gasteiger charge is 2.12. The number of carboxylic acid groups (broad SMARTS) is 1. The highest BCUT2D eigenvalue weighted by Crippen LogP contribution is 2.21. The molecule has 0 aliphatic carbocycles. The Bertz CT molecular complexity index is 601. The smallest absolute Gasteiger partial charge is 0.337 e. The minimum atomic E-state index is -1.14. The number of rotatable bonds is 4. The number of hydrogen-bond acceptors (Lipinski definition) is 4. The van der Waals surface area contributed by atoms with Crippen molar-refractivity contribution in [2.45, 2.75) is 0 Å². The van der Waals surface area contributed by atoms with E-state index in [1.165, 1.54) is 31.6 Å². The van der Waals surface area contributed by atoms with Gasteiger partial charge in [-0.1, -0.05) is 11.6 Å². The van der Waals surface area contributed by atoms with Crippen LogP contribution in [0.1, 0.15) is 10.4 Å². The lowest BCUT2D eigenvalue weighted by Crippen LogP contribution is -2.28. The van der Waals surface area contributed by atoms with Gasteiger partial charge < -0.3 is 15.8 Å². The van der Waals surface area contributed by atoms with E-state index in [0.717, 1.165) is 0 Å². The molecule has 0 aliphatic heterocycles. The lowest BCUT2D eigenvalue weighted by atomic mass is 10.2. The van der Waals surface area contributed by atoms with Crippen molar-refractivity contribution in [3.8, 4) is 0 Å². The minimum absolute atomic E-state index is 0.0237. The Labute approximate surface area is 125 Å². The van der Waals surface area contributed by atoms with Crippen LogP contribution in [0.3, 0.4) is 0 Å². The average Bonchev–Trinajstić information content (AvgIpc) is 2.43. The number of benzene rings is 1. The quantitative estimate of drug-likeness (QED) is 0.372. The van der Waals surface area contributed by atoms with E-state index in [2.05, 4.69) is 26.2 Å². The first-order valence-electron chi connectivity index (χ1n) is 5.75. The third kappa shape index (κ3) is 4.86. The molecule has 0 aliphatic rings. The largest absolute Gasteiger partial charge is 0.478 e. The van der Waals surface area contributed by atoms with Crippen LogP contribution in [0.2, 0.25) is 5.02 Å². The first kappa shape index (κ1) is 16.6. The molecule has 0 heterocycles. The van der Waals surface area contributed by atoms with E-state index in [-0.39, 0.29) is 16.4 Å². The Balaban J connectivity index is 2.83. The normalized spacial score (nSPS) is 11.5. The summed E-state index contributed by atoms with van der Waals surface area (Å²) in [5, 5.41) is 11.4. The van der Waals surface area contributed by atoms with E-state index in [1.54, 1.807) is 7.05 Å². The van der Waals surface area contributed by atoms with Crippen LogP contribution in [0.25, 0.3) is 0 Å². The van der Waals surface area contributed by atoms with Gasteiger partial charge in [-0.3, -0.25) is 9.79 Å². The number of amidine groups is 1. The molecule has 4 N–H and O–H groups in total. The molecule has 0 aromatic heterocycles. The van der Waals surface area contributed by atoms with Crippen molar-refractivity contribution in [2.75, 3.05) is 19.4 Å². The number of hydrazine groups is 1. The van der Waals surface area contributed by atoms with Gasteiger partial charge in [0.25, 0.3) is 5.91 Å². The summed E-state index contributed by atoms with van der Waals surface area (Å²) in [7, 11) is 3.06. The molecule has 9 heteroatoms. The lowest BCUT2D eigenvalue weighted by Gasteiger charge is -2.06. The molecule has 0 unspecified atom stereocenters. The molecule has 0 spiro atoms. The van der Waals surface area contributed by atoms with Crippen molar-refractivity contribution in [1.29, 1.82) is 0 Å². The summed E-state index contributed by atoms with van der Waals surface area (Å²) in [4.78, 5) is 30.3. The number of halogens is 1. The third-order valence-electron chi connectivity index (χ3n) is 2.27. The first-order valence-corrected chi connectivity index (χ1v) is 6.13. The molecule has 1 aromatic rings. The summed E-state index contributed by atoms with van der Waals surface area (Å²) in [6, 6.07) is 4.07. The number of carbonyl (C=O) groups is 2. The zero-order chi connectivity index (χ0) is 15.8. The zero-order valence-electron chi connectivity index (χ0n) is 11.3.